The van der Waals surface area contributed by atoms with Gasteiger partial charge >= 0.3 is 11.9 Å². The Bertz CT molecular complexity index is 825. The molecule has 0 bridgehead atoms. The standard InChI is InChI=1S/C25H31NO4/c1-3-5-15-26(16-6-4-2)23(24(27)28)25(29)30-17-22-20-13-9-7-11-18(20)19-12-8-10-14-21(19)22/h7-14,22-23H,3-6,15-17H2,1-2H3,(H,27,28). The number of carboxylic acids is 1. The van der Waals surface area contributed by atoms with Gasteiger partial charge in [-0.15, -0.1) is 0 Å². The first-order valence-electron chi connectivity index (χ1n) is 10.9. The third-order valence-electron chi connectivity index (χ3n) is 5.77. The largest absolute Gasteiger partial charge is 0.480 e. The molecule has 1 aliphatic rings. The minimum Gasteiger partial charge on any atom is -0.480 e. The van der Waals surface area contributed by atoms with Gasteiger partial charge in [-0.25, -0.2) is 9.59 Å². The second-order valence-electron chi connectivity index (χ2n) is 7.84. The van der Waals surface area contributed by atoms with Crippen LogP contribution in [-0.2, 0) is 14.3 Å². The summed E-state index contributed by atoms with van der Waals surface area (Å²) in [6.45, 7) is 5.42. The molecule has 0 amide bonds. The Morgan fingerprint density at radius 2 is 1.43 bits per heavy atom. The fourth-order valence-electron chi connectivity index (χ4n) is 4.18. The summed E-state index contributed by atoms with van der Waals surface area (Å²) in [4.78, 5) is 26.6. The van der Waals surface area contributed by atoms with Crippen LogP contribution in [0.2, 0.25) is 0 Å². The van der Waals surface area contributed by atoms with Crippen LogP contribution in [0.25, 0.3) is 11.1 Å². The molecule has 0 spiro atoms. The quantitative estimate of drug-likeness (QED) is 0.430. The molecular weight excluding hydrogens is 378 g/mol. The maximum Gasteiger partial charge on any atom is 0.335 e. The van der Waals surface area contributed by atoms with Gasteiger partial charge in [0.2, 0.25) is 6.04 Å². The highest BCUT2D eigenvalue weighted by atomic mass is 16.5. The Morgan fingerprint density at radius 1 is 0.933 bits per heavy atom. The molecule has 0 aromatic heterocycles. The molecule has 2 aromatic carbocycles. The maximum absolute atomic E-state index is 12.9. The van der Waals surface area contributed by atoms with Gasteiger partial charge < -0.3 is 9.84 Å². The third-order valence-corrected chi connectivity index (χ3v) is 5.77. The molecule has 1 unspecified atom stereocenters. The van der Waals surface area contributed by atoms with Crippen LogP contribution in [0.4, 0.5) is 0 Å². The number of carbonyl (C=O) groups excluding carboxylic acids is 1. The second kappa shape index (κ2) is 10.4. The van der Waals surface area contributed by atoms with E-state index in [0.717, 1.165) is 47.9 Å². The van der Waals surface area contributed by atoms with Gasteiger partial charge in [-0.3, -0.25) is 4.90 Å². The molecule has 5 nitrogen and oxygen atoms in total. The normalized spacial score (nSPS) is 13.7. The van der Waals surface area contributed by atoms with E-state index in [1.807, 2.05) is 24.3 Å². The van der Waals surface area contributed by atoms with Gasteiger partial charge in [0.1, 0.15) is 6.61 Å². The SMILES string of the molecule is CCCCN(CCCC)C(C(=O)O)C(=O)OCC1c2ccccc2-c2ccccc21. The Morgan fingerprint density at radius 3 is 1.90 bits per heavy atom. The number of carbonyl (C=O) groups is 2. The van der Waals surface area contributed by atoms with Crippen molar-refractivity contribution in [3.63, 3.8) is 0 Å². The van der Waals surface area contributed by atoms with Gasteiger partial charge in [0.25, 0.3) is 0 Å². The Hall–Kier alpha value is -2.66. The van der Waals surface area contributed by atoms with E-state index >= 15 is 0 Å². The van der Waals surface area contributed by atoms with Crippen molar-refractivity contribution in [2.45, 2.75) is 51.5 Å². The van der Waals surface area contributed by atoms with Crippen LogP contribution in [0, 0.1) is 0 Å². The van der Waals surface area contributed by atoms with Crippen molar-refractivity contribution in [2.24, 2.45) is 0 Å². The van der Waals surface area contributed by atoms with Crippen molar-refractivity contribution < 1.29 is 19.4 Å². The van der Waals surface area contributed by atoms with Crippen LogP contribution in [0.3, 0.4) is 0 Å². The zero-order chi connectivity index (χ0) is 21.5. The van der Waals surface area contributed by atoms with Gasteiger partial charge in [0.15, 0.2) is 0 Å². The number of unbranched alkanes of at least 4 members (excludes halogenated alkanes) is 2. The summed E-state index contributed by atoms with van der Waals surface area (Å²) in [5.41, 5.74) is 4.53. The smallest absolute Gasteiger partial charge is 0.335 e. The van der Waals surface area contributed by atoms with Gasteiger partial charge in [-0.05, 0) is 48.2 Å². The minimum absolute atomic E-state index is 0.0736. The predicted molar refractivity (Wildman–Crippen MR) is 117 cm³/mol. The van der Waals surface area contributed by atoms with E-state index < -0.39 is 18.0 Å². The number of fused-ring (bicyclic) bond motifs is 3. The van der Waals surface area contributed by atoms with Crippen molar-refractivity contribution in [1.29, 1.82) is 0 Å². The van der Waals surface area contributed by atoms with Crippen molar-refractivity contribution in [3.05, 3.63) is 59.7 Å². The zero-order valence-electron chi connectivity index (χ0n) is 17.8. The number of aliphatic carboxylic acids is 1. The lowest BCUT2D eigenvalue weighted by Gasteiger charge is -2.27. The van der Waals surface area contributed by atoms with E-state index in [4.69, 9.17) is 4.74 Å². The number of rotatable bonds is 11. The first-order valence-corrected chi connectivity index (χ1v) is 10.9. The third kappa shape index (κ3) is 4.73. The molecular formula is C25H31NO4. The fraction of sp³-hybridized carbons (Fsp3) is 0.440. The highest BCUT2D eigenvalue weighted by molar-refractivity contribution is 5.98. The van der Waals surface area contributed by atoms with Crippen molar-refractivity contribution in [2.75, 3.05) is 19.7 Å². The molecule has 0 saturated heterocycles. The van der Waals surface area contributed by atoms with Crippen LogP contribution in [0.5, 0.6) is 0 Å². The molecule has 0 aliphatic heterocycles. The van der Waals surface area contributed by atoms with Gasteiger partial charge in [0, 0.05) is 5.92 Å². The number of hydrogen-bond acceptors (Lipinski definition) is 4. The highest BCUT2D eigenvalue weighted by Gasteiger charge is 2.35. The molecule has 1 N–H and O–H groups in total. The summed E-state index contributed by atoms with van der Waals surface area (Å²) in [7, 11) is 0. The molecule has 5 heteroatoms. The van der Waals surface area contributed by atoms with Crippen LogP contribution < -0.4 is 0 Å². The average molecular weight is 410 g/mol. The summed E-state index contributed by atoms with van der Waals surface area (Å²) in [5, 5.41) is 9.78. The second-order valence-corrected chi connectivity index (χ2v) is 7.84. The molecule has 2 aromatic rings. The molecule has 0 saturated carbocycles. The van der Waals surface area contributed by atoms with Gasteiger partial charge in [0.05, 0.1) is 0 Å². The zero-order valence-corrected chi connectivity index (χ0v) is 17.8. The van der Waals surface area contributed by atoms with Crippen LogP contribution in [-0.4, -0.2) is 47.7 Å². The summed E-state index contributed by atoms with van der Waals surface area (Å²) in [6.07, 6.45) is 3.59. The van der Waals surface area contributed by atoms with Gasteiger partial charge in [-0.2, -0.15) is 0 Å². The Labute approximate surface area is 178 Å². The Kier molecular flexibility index (Phi) is 7.63. The van der Waals surface area contributed by atoms with Crippen molar-refractivity contribution in [1.82, 2.24) is 4.90 Å². The predicted octanol–water partition coefficient (Wildman–Crippen LogP) is 4.70. The summed E-state index contributed by atoms with van der Waals surface area (Å²) >= 11 is 0. The highest BCUT2D eigenvalue weighted by Crippen LogP contribution is 2.44. The Balaban J connectivity index is 1.76. The molecule has 30 heavy (non-hydrogen) atoms. The van der Waals surface area contributed by atoms with Gasteiger partial charge in [-0.1, -0.05) is 75.2 Å². The first kappa shape index (κ1) is 22.0. The monoisotopic (exact) mass is 409 g/mol. The van der Waals surface area contributed by atoms with Crippen molar-refractivity contribution in [3.8, 4) is 11.1 Å². The summed E-state index contributed by atoms with van der Waals surface area (Å²) in [5.74, 6) is -1.88. The van der Waals surface area contributed by atoms with E-state index in [0.29, 0.717) is 13.1 Å². The number of nitrogens with zero attached hydrogens (tertiary/aromatic N) is 1. The summed E-state index contributed by atoms with van der Waals surface area (Å²) in [6, 6.07) is 15.0. The molecule has 160 valence electrons. The number of ether oxygens (including phenoxy) is 1. The number of carboxylic acid groups (broad SMARTS) is 1. The number of esters is 1. The minimum atomic E-state index is -1.25. The summed E-state index contributed by atoms with van der Waals surface area (Å²) < 4.78 is 5.64. The molecule has 0 heterocycles. The fourth-order valence-corrected chi connectivity index (χ4v) is 4.18. The molecule has 0 radical (unpaired) electrons. The molecule has 1 aliphatic carbocycles. The first-order chi connectivity index (χ1) is 14.6. The average Bonchev–Trinajstić information content (AvgIpc) is 3.07. The number of benzene rings is 2. The van der Waals surface area contributed by atoms with E-state index in [9.17, 15) is 14.7 Å². The van der Waals surface area contributed by atoms with Crippen LogP contribution in [0.15, 0.2) is 48.5 Å². The van der Waals surface area contributed by atoms with E-state index in [-0.39, 0.29) is 12.5 Å². The number of hydrogen-bond donors (Lipinski definition) is 1. The van der Waals surface area contributed by atoms with Crippen molar-refractivity contribution >= 4 is 11.9 Å². The molecule has 1 atom stereocenters. The molecule has 0 fully saturated rings. The lowest BCUT2D eigenvalue weighted by molar-refractivity contribution is -0.161. The molecule has 3 rings (SSSR count). The lowest BCUT2D eigenvalue weighted by atomic mass is 9.98. The van der Waals surface area contributed by atoms with E-state index in [1.165, 1.54) is 0 Å². The maximum atomic E-state index is 12.9. The van der Waals surface area contributed by atoms with Crippen LogP contribution >= 0.6 is 0 Å². The van der Waals surface area contributed by atoms with E-state index in [2.05, 4.69) is 38.1 Å². The van der Waals surface area contributed by atoms with Crippen LogP contribution in [0.1, 0.15) is 56.6 Å². The van der Waals surface area contributed by atoms with E-state index in [1.54, 1.807) is 4.90 Å². The topological polar surface area (TPSA) is 66.8 Å². The lowest BCUT2D eigenvalue weighted by Crippen LogP contribution is -2.48.